The maximum absolute atomic E-state index is 12.2. The van der Waals surface area contributed by atoms with E-state index >= 15 is 0 Å². The van der Waals surface area contributed by atoms with Crippen molar-refractivity contribution in [2.45, 2.75) is 0 Å². The predicted molar refractivity (Wildman–Crippen MR) is 83.6 cm³/mol. The van der Waals surface area contributed by atoms with E-state index < -0.39 is 5.56 Å². The van der Waals surface area contributed by atoms with Crippen LogP contribution in [0.2, 0.25) is 5.02 Å². The lowest BCUT2D eigenvalue weighted by molar-refractivity contribution is 0.780. The largest absolute Gasteiger partial charge is 0.396 e. The molecule has 0 amide bonds. The van der Waals surface area contributed by atoms with Gasteiger partial charge >= 0.3 is 0 Å². The summed E-state index contributed by atoms with van der Waals surface area (Å²) in [5.41, 5.74) is 7.20. The minimum atomic E-state index is -0.469. The molecule has 0 aliphatic carbocycles. The van der Waals surface area contributed by atoms with Gasteiger partial charge in [-0.2, -0.15) is 14.9 Å². The summed E-state index contributed by atoms with van der Waals surface area (Å²) in [4.78, 5) is 12.2. The van der Waals surface area contributed by atoms with Crippen molar-refractivity contribution >= 4 is 34.3 Å². The number of nitrogens with zero attached hydrogens (tertiary/aromatic N) is 4. The molecule has 0 unspecified atom stereocenters. The van der Waals surface area contributed by atoms with E-state index in [9.17, 15) is 4.79 Å². The number of aryl methyl sites for hydroxylation is 1. The third-order valence-electron chi connectivity index (χ3n) is 3.14. The van der Waals surface area contributed by atoms with Gasteiger partial charge in [-0.15, -0.1) is 0 Å². The number of fused-ring (bicyclic) bond motifs is 1. The van der Waals surface area contributed by atoms with Crippen molar-refractivity contribution in [2.75, 3.05) is 5.73 Å². The first-order chi connectivity index (χ1) is 10.0. The number of aromatic nitrogens is 4. The third-order valence-corrected chi connectivity index (χ3v) is 3.51. The van der Waals surface area contributed by atoms with E-state index in [0.29, 0.717) is 11.4 Å². The van der Waals surface area contributed by atoms with Crippen LogP contribution in [0.25, 0.3) is 22.7 Å². The highest BCUT2D eigenvalue weighted by Gasteiger charge is 2.13. The molecule has 3 aromatic rings. The van der Waals surface area contributed by atoms with Crippen molar-refractivity contribution in [2.24, 2.45) is 7.05 Å². The molecule has 0 aliphatic heterocycles. The highest BCUT2D eigenvalue weighted by Crippen LogP contribution is 2.20. The summed E-state index contributed by atoms with van der Waals surface area (Å²) >= 11 is 5.98. The van der Waals surface area contributed by atoms with Crippen molar-refractivity contribution < 1.29 is 0 Å². The highest BCUT2D eigenvalue weighted by molar-refractivity contribution is 6.33. The fraction of sp³-hybridized carbons (Fsp3) is 0.0714. The highest BCUT2D eigenvalue weighted by atomic mass is 35.5. The molecule has 0 radical (unpaired) electrons. The average Bonchev–Trinajstić information content (AvgIpc) is 2.84. The Morgan fingerprint density at radius 1 is 1.38 bits per heavy atom. The summed E-state index contributed by atoms with van der Waals surface area (Å²) in [7, 11) is 1.83. The summed E-state index contributed by atoms with van der Waals surface area (Å²) < 4.78 is 2.91. The molecule has 0 saturated carbocycles. The second kappa shape index (κ2) is 4.75. The Labute approximate surface area is 125 Å². The molecule has 1 aromatic carbocycles. The molecule has 21 heavy (non-hydrogen) atoms. The van der Waals surface area contributed by atoms with E-state index in [4.69, 9.17) is 17.3 Å². The Bertz CT molecular complexity index is 925. The van der Waals surface area contributed by atoms with E-state index in [-0.39, 0.29) is 10.7 Å². The van der Waals surface area contributed by atoms with Crippen LogP contribution in [0, 0.1) is 0 Å². The lowest BCUT2D eigenvalue weighted by Crippen LogP contribution is -2.24. The van der Waals surface area contributed by atoms with E-state index in [1.165, 1.54) is 10.8 Å². The second-order valence-corrected chi connectivity index (χ2v) is 4.96. The minimum Gasteiger partial charge on any atom is -0.396 e. The first kappa shape index (κ1) is 13.4. The fourth-order valence-electron chi connectivity index (χ4n) is 2.12. The average molecular weight is 302 g/mol. The number of halogens is 1. The molecule has 2 heterocycles. The number of nitrogen functional groups attached to an aromatic ring is 1. The van der Waals surface area contributed by atoms with Crippen LogP contribution < -0.4 is 11.3 Å². The number of nitrogens with two attached hydrogens (primary N) is 1. The van der Waals surface area contributed by atoms with Gasteiger partial charge in [-0.25, -0.2) is 0 Å². The Balaban J connectivity index is 2.29. The quantitative estimate of drug-likeness (QED) is 0.785. The van der Waals surface area contributed by atoms with Gasteiger partial charge in [0.15, 0.2) is 0 Å². The van der Waals surface area contributed by atoms with E-state index in [2.05, 4.69) is 16.8 Å². The first-order valence-corrected chi connectivity index (χ1v) is 6.53. The molecule has 2 aromatic heterocycles. The van der Waals surface area contributed by atoms with Crippen LogP contribution in [0.3, 0.4) is 0 Å². The van der Waals surface area contributed by atoms with Crippen LogP contribution in [-0.2, 0) is 7.05 Å². The van der Waals surface area contributed by atoms with Crippen LogP contribution >= 0.6 is 11.6 Å². The number of hydrogen-bond acceptors (Lipinski definition) is 4. The molecule has 106 valence electrons. The van der Waals surface area contributed by atoms with Gasteiger partial charge in [-0.1, -0.05) is 18.2 Å². The van der Waals surface area contributed by atoms with Crippen molar-refractivity contribution in [1.82, 2.24) is 19.6 Å². The topological polar surface area (TPSA) is 78.7 Å². The normalized spacial score (nSPS) is 11.0. The molecular formula is C14H12ClN5O. The lowest BCUT2D eigenvalue weighted by atomic mass is 10.2. The van der Waals surface area contributed by atoms with Crippen molar-refractivity contribution in [3.8, 4) is 5.69 Å². The Hall–Kier alpha value is -2.60. The zero-order valence-corrected chi connectivity index (χ0v) is 12.0. The van der Waals surface area contributed by atoms with Gasteiger partial charge in [0.25, 0.3) is 5.56 Å². The van der Waals surface area contributed by atoms with Crippen LogP contribution in [0.1, 0.15) is 5.69 Å². The van der Waals surface area contributed by atoms with Gasteiger partial charge < -0.3 is 5.73 Å². The zero-order chi connectivity index (χ0) is 15.1. The second-order valence-electron chi connectivity index (χ2n) is 4.58. The molecule has 2 N–H and O–H groups in total. The van der Waals surface area contributed by atoms with Gasteiger partial charge in [-0.3, -0.25) is 9.48 Å². The molecule has 0 saturated heterocycles. The third kappa shape index (κ3) is 2.09. The summed E-state index contributed by atoms with van der Waals surface area (Å²) in [6.45, 7) is 3.62. The molecule has 7 heteroatoms. The number of hydrogen-bond donors (Lipinski definition) is 1. The fourth-order valence-corrected chi connectivity index (χ4v) is 2.30. The van der Waals surface area contributed by atoms with Crippen LogP contribution in [0.15, 0.2) is 35.8 Å². The predicted octanol–water partition coefficient (Wildman–Crippen LogP) is 2.00. The SMILES string of the molecule is C=Cc1nn(-c2ccc3nn(C)cc3c2)c(=O)c(Cl)c1N. The zero-order valence-electron chi connectivity index (χ0n) is 11.2. The smallest absolute Gasteiger partial charge is 0.292 e. The molecule has 0 fully saturated rings. The van der Waals surface area contributed by atoms with E-state index in [1.807, 2.05) is 25.4 Å². The van der Waals surface area contributed by atoms with Gasteiger partial charge in [0.1, 0.15) is 10.7 Å². The first-order valence-electron chi connectivity index (χ1n) is 6.16. The molecule has 6 nitrogen and oxygen atoms in total. The summed E-state index contributed by atoms with van der Waals surface area (Å²) in [6.07, 6.45) is 3.32. The maximum atomic E-state index is 12.2. The van der Waals surface area contributed by atoms with Crippen molar-refractivity contribution in [3.63, 3.8) is 0 Å². The van der Waals surface area contributed by atoms with E-state index in [1.54, 1.807) is 10.7 Å². The number of rotatable bonds is 2. The Kier molecular flexibility index (Phi) is 3.03. The standard InChI is InChI=1S/C14H12ClN5O/c1-3-10-13(16)12(15)14(21)20(18-10)9-4-5-11-8(6-9)7-19(2)17-11/h3-7H,1,16H2,2H3. The minimum absolute atomic E-state index is 0.0637. The molecule has 0 spiro atoms. The molecule has 0 bridgehead atoms. The monoisotopic (exact) mass is 301 g/mol. The van der Waals surface area contributed by atoms with Crippen LogP contribution in [-0.4, -0.2) is 19.6 Å². The van der Waals surface area contributed by atoms with Crippen molar-refractivity contribution in [3.05, 3.63) is 52.0 Å². The Morgan fingerprint density at radius 2 is 2.14 bits per heavy atom. The number of anilines is 1. The Morgan fingerprint density at radius 3 is 2.86 bits per heavy atom. The van der Waals surface area contributed by atoms with Gasteiger partial charge in [0, 0.05) is 18.6 Å². The lowest BCUT2D eigenvalue weighted by Gasteiger charge is -2.09. The van der Waals surface area contributed by atoms with Gasteiger partial charge in [-0.05, 0) is 24.3 Å². The van der Waals surface area contributed by atoms with Crippen molar-refractivity contribution in [1.29, 1.82) is 0 Å². The maximum Gasteiger partial charge on any atom is 0.292 e. The molecular weight excluding hydrogens is 290 g/mol. The summed E-state index contributed by atoms with van der Waals surface area (Å²) in [5.74, 6) is 0. The molecule has 0 atom stereocenters. The summed E-state index contributed by atoms with van der Waals surface area (Å²) in [5, 5.41) is 9.30. The van der Waals surface area contributed by atoms with Crippen LogP contribution in [0.5, 0.6) is 0 Å². The summed E-state index contributed by atoms with van der Waals surface area (Å²) in [6, 6.07) is 5.38. The van der Waals surface area contributed by atoms with Crippen LogP contribution in [0.4, 0.5) is 5.69 Å². The van der Waals surface area contributed by atoms with Gasteiger partial charge in [0.05, 0.1) is 16.9 Å². The van der Waals surface area contributed by atoms with E-state index in [0.717, 1.165) is 10.9 Å². The van der Waals surface area contributed by atoms with Gasteiger partial charge in [0.2, 0.25) is 0 Å². The number of benzene rings is 1. The molecule has 3 rings (SSSR count). The molecule has 0 aliphatic rings.